The van der Waals surface area contributed by atoms with Crippen LogP contribution < -0.4 is 10.5 Å². The Kier molecular flexibility index (Phi) is 4.12. The van der Waals surface area contributed by atoms with Crippen LogP contribution in [-0.4, -0.2) is 4.98 Å². The lowest BCUT2D eigenvalue weighted by atomic mass is 10.1. The zero-order valence-electron chi connectivity index (χ0n) is 11.1. The second-order valence-electron chi connectivity index (χ2n) is 4.53. The maximum absolute atomic E-state index is 13.3. The van der Waals surface area contributed by atoms with E-state index >= 15 is 0 Å². The SMILES string of the molecule is Cc1cccnc1COc1cc(F)ccc1[C@@H](C)N. The molecule has 3 nitrogen and oxygen atoms in total. The molecule has 0 spiro atoms. The van der Waals surface area contributed by atoms with Crippen LogP contribution in [0.4, 0.5) is 4.39 Å². The van der Waals surface area contributed by atoms with E-state index in [1.807, 2.05) is 26.0 Å². The molecule has 1 heterocycles. The quantitative estimate of drug-likeness (QED) is 0.918. The summed E-state index contributed by atoms with van der Waals surface area (Å²) >= 11 is 0. The highest BCUT2D eigenvalue weighted by Gasteiger charge is 2.10. The Morgan fingerprint density at radius 2 is 2.16 bits per heavy atom. The molecule has 0 aliphatic rings. The van der Waals surface area contributed by atoms with Gasteiger partial charge in [0.25, 0.3) is 0 Å². The van der Waals surface area contributed by atoms with Gasteiger partial charge in [0.2, 0.25) is 0 Å². The fourth-order valence-corrected chi connectivity index (χ4v) is 1.82. The first-order valence-corrected chi connectivity index (χ1v) is 6.16. The van der Waals surface area contributed by atoms with E-state index in [2.05, 4.69) is 4.98 Å². The summed E-state index contributed by atoms with van der Waals surface area (Å²) in [4.78, 5) is 4.24. The number of aryl methyl sites for hydroxylation is 1. The fourth-order valence-electron chi connectivity index (χ4n) is 1.82. The van der Waals surface area contributed by atoms with E-state index in [0.717, 1.165) is 16.8 Å². The average molecular weight is 260 g/mol. The molecule has 0 amide bonds. The Labute approximate surface area is 112 Å². The van der Waals surface area contributed by atoms with Crippen LogP contribution in [-0.2, 0) is 6.61 Å². The van der Waals surface area contributed by atoms with Crippen molar-refractivity contribution in [3.63, 3.8) is 0 Å². The van der Waals surface area contributed by atoms with Crippen molar-refractivity contribution in [1.29, 1.82) is 0 Å². The van der Waals surface area contributed by atoms with Crippen molar-refractivity contribution in [3.8, 4) is 5.75 Å². The molecule has 1 aromatic carbocycles. The van der Waals surface area contributed by atoms with Crippen LogP contribution in [0.2, 0.25) is 0 Å². The minimum atomic E-state index is -0.336. The van der Waals surface area contributed by atoms with E-state index in [0.29, 0.717) is 12.4 Å². The van der Waals surface area contributed by atoms with E-state index in [1.165, 1.54) is 12.1 Å². The first-order chi connectivity index (χ1) is 9.08. The van der Waals surface area contributed by atoms with Crippen LogP contribution in [0.3, 0.4) is 0 Å². The summed E-state index contributed by atoms with van der Waals surface area (Å²) in [7, 11) is 0. The number of pyridine rings is 1. The smallest absolute Gasteiger partial charge is 0.130 e. The van der Waals surface area contributed by atoms with Crippen molar-refractivity contribution in [1.82, 2.24) is 4.98 Å². The van der Waals surface area contributed by atoms with Crippen LogP contribution in [0.25, 0.3) is 0 Å². The molecule has 100 valence electrons. The molecule has 4 heteroatoms. The molecule has 0 saturated carbocycles. The second kappa shape index (κ2) is 5.80. The highest BCUT2D eigenvalue weighted by atomic mass is 19.1. The molecule has 0 unspecified atom stereocenters. The predicted octanol–water partition coefficient (Wildman–Crippen LogP) is 3.13. The first-order valence-electron chi connectivity index (χ1n) is 6.16. The summed E-state index contributed by atoms with van der Waals surface area (Å²) in [5.74, 6) is 0.136. The molecule has 0 fully saturated rings. The number of ether oxygens (including phenoxy) is 1. The van der Waals surface area contributed by atoms with Crippen LogP contribution in [0.5, 0.6) is 5.75 Å². The lowest BCUT2D eigenvalue weighted by Crippen LogP contribution is -2.09. The lowest BCUT2D eigenvalue weighted by Gasteiger charge is -2.14. The van der Waals surface area contributed by atoms with Crippen molar-refractivity contribution in [3.05, 3.63) is 59.2 Å². The van der Waals surface area contributed by atoms with E-state index in [4.69, 9.17) is 10.5 Å². The third kappa shape index (κ3) is 3.29. The minimum Gasteiger partial charge on any atom is -0.487 e. The number of hydrogen-bond acceptors (Lipinski definition) is 3. The van der Waals surface area contributed by atoms with Crippen LogP contribution in [0.15, 0.2) is 36.5 Å². The molecule has 0 saturated heterocycles. The van der Waals surface area contributed by atoms with Gasteiger partial charge < -0.3 is 10.5 Å². The number of nitrogens with two attached hydrogens (primary N) is 1. The zero-order chi connectivity index (χ0) is 13.8. The molecule has 1 atom stereocenters. The summed E-state index contributed by atoms with van der Waals surface area (Å²) in [6.45, 7) is 4.10. The van der Waals surface area contributed by atoms with Crippen molar-refractivity contribution >= 4 is 0 Å². The molecule has 2 N–H and O–H groups in total. The van der Waals surface area contributed by atoms with Gasteiger partial charge in [0.15, 0.2) is 0 Å². The van der Waals surface area contributed by atoms with Gasteiger partial charge in [0.1, 0.15) is 18.2 Å². The van der Waals surface area contributed by atoms with Gasteiger partial charge in [-0.2, -0.15) is 0 Å². The van der Waals surface area contributed by atoms with Gasteiger partial charge in [-0.1, -0.05) is 12.1 Å². The summed E-state index contributed by atoms with van der Waals surface area (Å²) in [5, 5.41) is 0. The zero-order valence-corrected chi connectivity index (χ0v) is 11.1. The van der Waals surface area contributed by atoms with Crippen molar-refractivity contribution in [2.45, 2.75) is 26.5 Å². The fraction of sp³-hybridized carbons (Fsp3) is 0.267. The van der Waals surface area contributed by atoms with Crippen molar-refractivity contribution < 1.29 is 9.13 Å². The Bertz CT molecular complexity index is 570. The maximum Gasteiger partial charge on any atom is 0.130 e. The van der Waals surface area contributed by atoms with Gasteiger partial charge in [-0.25, -0.2) is 4.39 Å². The van der Waals surface area contributed by atoms with E-state index in [1.54, 1.807) is 12.3 Å². The van der Waals surface area contributed by atoms with Crippen LogP contribution in [0.1, 0.15) is 29.8 Å². The van der Waals surface area contributed by atoms with Crippen molar-refractivity contribution in [2.75, 3.05) is 0 Å². The Morgan fingerprint density at radius 1 is 1.37 bits per heavy atom. The number of halogens is 1. The van der Waals surface area contributed by atoms with E-state index < -0.39 is 0 Å². The topological polar surface area (TPSA) is 48.1 Å². The Balaban J connectivity index is 2.19. The monoisotopic (exact) mass is 260 g/mol. The van der Waals surface area contributed by atoms with Gasteiger partial charge in [-0.15, -0.1) is 0 Å². The minimum absolute atomic E-state index is 0.208. The van der Waals surface area contributed by atoms with Gasteiger partial charge in [-0.05, 0) is 31.5 Å². The number of rotatable bonds is 4. The largest absolute Gasteiger partial charge is 0.487 e. The molecule has 2 rings (SSSR count). The summed E-state index contributed by atoms with van der Waals surface area (Å²) in [5.41, 5.74) is 8.51. The number of nitrogens with zero attached hydrogens (tertiary/aromatic N) is 1. The highest BCUT2D eigenvalue weighted by Crippen LogP contribution is 2.25. The summed E-state index contributed by atoms with van der Waals surface area (Å²) in [6, 6.07) is 8.02. The highest BCUT2D eigenvalue weighted by molar-refractivity contribution is 5.36. The Morgan fingerprint density at radius 3 is 2.84 bits per heavy atom. The Hall–Kier alpha value is -1.94. The van der Waals surface area contributed by atoms with Crippen LogP contribution >= 0.6 is 0 Å². The normalized spacial score (nSPS) is 12.2. The molecular formula is C15H17FN2O. The third-order valence-electron chi connectivity index (χ3n) is 2.95. The number of benzene rings is 1. The molecule has 2 aromatic rings. The molecular weight excluding hydrogens is 243 g/mol. The second-order valence-corrected chi connectivity index (χ2v) is 4.53. The first kappa shape index (κ1) is 13.5. The van der Waals surface area contributed by atoms with Crippen LogP contribution in [0, 0.1) is 12.7 Å². The molecule has 19 heavy (non-hydrogen) atoms. The predicted molar refractivity (Wildman–Crippen MR) is 72.3 cm³/mol. The lowest BCUT2D eigenvalue weighted by molar-refractivity contribution is 0.294. The molecule has 0 aliphatic heterocycles. The molecule has 0 aliphatic carbocycles. The van der Waals surface area contributed by atoms with Gasteiger partial charge in [0, 0.05) is 23.9 Å². The average Bonchev–Trinajstić information content (AvgIpc) is 2.37. The van der Waals surface area contributed by atoms with Gasteiger partial charge in [-0.3, -0.25) is 4.98 Å². The van der Waals surface area contributed by atoms with Gasteiger partial charge >= 0.3 is 0 Å². The number of aromatic nitrogens is 1. The summed E-state index contributed by atoms with van der Waals surface area (Å²) < 4.78 is 18.9. The standard InChI is InChI=1S/C15H17FN2O/c1-10-4-3-7-18-14(10)9-19-15-8-12(16)5-6-13(15)11(2)17/h3-8,11H,9,17H2,1-2H3/t11-/m1/s1. The van der Waals surface area contributed by atoms with Gasteiger partial charge in [0.05, 0.1) is 5.69 Å². The van der Waals surface area contributed by atoms with E-state index in [9.17, 15) is 4.39 Å². The number of hydrogen-bond donors (Lipinski definition) is 1. The molecule has 0 radical (unpaired) electrons. The van der Waals surface area contributed by atoms with Crippen molar-refractivity contribution in [2.24, 2.45) is 5.73 Å². The molecule has 0 bridgehead atoms. The molecule has 1 aromatic heterocycles. The summed E-state index contributed by atoms with van der Waals surface area (Å²) in [6.07, 6.45) is 1.71. The van der Waals surface area contributed by atoms with E-state index in [-0.39, 0.29) is 11.9 Å². The maximum atomic E-state index is 13.3. The third-order valence-corrected chi connectivity index (χ3v) is 2.95.